The molecule has 0 aliphatic carbocycles. The molecule has 14 heavy (non-hydrogen) atoms. The van der Waals surface area contributed by atoms with Gasteiger partial charge in [0.2, 0.25) is 0 Å². The molecule has 0 unspecified atom stereocenters. The number of nitrogens with one attached hydrogen (secondary N) is 1. The van der Waals surface area contributed by atoms with Gasteiger partial charge in [-0.1, -0.05) is 0 Å². The van der Waals surface area contributed by atoms with Crippen molar-refractivity contribution in [3.05, 3.63) is 17.5 Å². The molecule has 0 saturated carbocycles. The quantitative estimate of drug-likeness (QED) is 0.705. The van der Waals surface area contributed by atoms with Crippen LogP contribution in [0.1, 0.15) is 23.9 Å². The van der Waals surface area contributed by atoms with Gasteiger partial charge in [-0.05, 0) is 6.42 Å². The summed E-state index contributed by atoms with van der Waals surface area (Å²) in [7, 11) is 0. The Bertz CT molecular complexity index is 373. The van der Waals surface area contributed by atoms with E-state index in [0.29, 0.717) is 18.8 Å². The smallest absolute Gasteiger partial charge is 0.272 e. The Hall–Kier alpha value is -1.36. The van der Waals surface area contributed by atoms with Gasteiger partial charge in [0.25, 0.3) is 5.91 Å². The number of amides is 1. The number of aromatic amines is 1. The lowest BCUT2D eigenvalue weighted by Gasteiger charge is -2.21. The highest BCUT2D eigenvalue weighted by Crippen LogP contribution is 2.25. The summed E-state index contributed by atoms with van der Waals surface area (Å²) < 4.78 is 5.27. The summed E-state index contributed by atoms with van der Waals surface area (Å²) in [5.74, 6) is 0.0630. The number of carbonyl (C=O) groups excluding carboxylic acids is 1. The van der Waals surface area contributed by atoms with Gasteiger partial charge < -0.3 is 9.64 Å². The molecule has 1 N–H and O–H groups in total. The molecule has 1 fully saturated rings. The number of aromatic nitrogens is 2. The molecule has 1 amide bonds. The number of rotatable bonds is 1. The zero-order chi connectivity index (χ0) is 9.54. The van der Waals surface area contributed by atoms with Crippen molar-refractivity contribution >= 4 is 5.91 Å². The Labute approximate surface area is 82.5 Å². The van der Waals surface area contributed by atoms with Gasteiger partial charge in [-0.25, -0.2) is 0 Å². The van der Waals surface area contributed by atoms with Crippen LogP contribution in [0.4, 0.5) is 0 Å². The predicted molar refractivity (Wildman–Crippen MR) is 49.8 cm³/mol. The highest BCUT2D eigenvalue weighted by molar-refractivity contribution is 5.96. The minimum atomic E-state index is 0. The number of fused-ring (bicyclic) bond motifs is 1. The Morgan fingerprint density at radius 3 is 3.36 bits per heavy atom. The van der Waals surface area contributed by atoms with E-state index in [1.165, 1.54) is 0 Å². The largest absolute Gasteiger partial charge is 0.379 e. The molecule has 3 heterocycles. The van der Waals surface area contributed by atoms with Crippen LogP contribution >= 0.6 is 0 Å². The van der Waals surface area contributed by atoms with Gasteiger partial charge in [-0.2, -0.15) is 5.10 Å². The highest BCUT2D eigenvalue weighted by atomic mass is 16.5. The summed E-state index contributed by atoms with van der Waals surface area (Å²) >= 11 is 0. The van der Waals surface area contributed by atoms with Gasteiger partial charge in [0.05, 0.1) is 25.4 Å². The fourth-order valence-corrected chi connectivity index (χ4v) is 2.08. The van der Waals surface area contributed by atoms with Crippen molar-refractivity contribution in [1.29, 1.82) is 0 Å². The third kappa shape index (κ3) is 0.988. The van der Waals surface area contributed by atoms with E-state index in [4.69, 9.17) is 4.74 Å². The van der Waals surface area contributed by atoms with Gasteiger partial charge in [0.15, 0.2) is 0 Å². The summed E-state index contributed by atoms with van der Waals surface area (Å²) in [6.45, 7) is 2.11. The second-order valence-electron chi connectivity index (χ2n) is 3.72. The molecule has 2 aliphatic heterocycles. The summed E-state index contributed by atoms with van der Waals surface area (Å²) in [6.07, 6.45) is 2.67. The van der Waals surface area contributed by atoms with Crippen molar-refractivity contribution < 1.29 is 11.0 Å². The van der Waals surface area contributed by atoms with Crippen molar-refractivity contribution in [1.82, 2.24) is 15.1 Å². The predicted octanol–water partition coefficient (Wildman–Crippen LogP) is 0.400. The van der Waals surface area contributed by atoms with E-state index < -0.39 is 0 Å². The van der Waals surface area contributed by atoms with Crippen LogP contribution in [0.3, 0.4) is 0 Å². The SMILES string of the molecule is O=C1c2[nH]ncc2CN1[C@H]1CCOC1.[HH]. The van der Waals surface area contributed by atoms with Crippen LogP contribution in [-0.4, -0.2) is 40.3 Å². The number of H-pyrrole nitrogens is 1. The minimum Gasteiger partial charge on any atom is -0.379 e. The molecule has 5 heteroatoms. The van der Waals surface area contributed by atoms with Gasteiger partial charge >= 0.3 is 0 Å². The zero-order valence-electron chi connectivity index (χ0n) is 7.69. The minimum absolute atomic E-state index is 0. The fraction of sp³-hybridized carbons (Fsp3) is 0.556. The molecule has 0 spiro atoms. The molecule has 0 aromatic carbocycles. The number of nitrogens with zero attached hydrogens (tertiary/aromatic N) is 2. The topological polar surface area (TPSA) is 58.2 Å². The second-order valence-corrected chi connectivity index (χ2v) is 3.72. The zero-order valence-corrected chi connectivity index (χ0v) is 7.69. The molecule has 0 radical (unpaired) electrons. The van der Waals surface area contributed by atoms with Gasteiger partial charge in [0, 0.05) is 13.6 Å². The molecule has 1 aromatic rings. The normalized spacial score (nSPS) is 25.9. The number of ether oxygens (including phenoxy) is 1. The molecule has 1 saturated heterocycles. The molecule has 0 bridgehead atoms. The van der Waals surface area contributed by atoms with Crippen LogP contribution < -0.4 is 0 Å². The molecule has 1 aromatic heterocycles. The van der Waals surface area contributed by atoms with Crippen molar-refractivity contribution in [2.75, 3.05) is 13.2 Å². The monoisotopic (exact) mass is 195 g/mol. The van der Waals surface area contributed by atoms with Crippen LogP contribution in [0.2, 0.25) is 0 Å². The molecular formula is C9H13N3O2. The van der Waals surface area contributed by atoms with E-state index in [9.17, 15) is 4.79 Å². The Morgan fingerprint density at radius 2 is 2.64 bits per heavy atom. The molecule has 76 valence electrons. The van der Waals surface area contributed by atoms with E-state index >= 15 is 0 Å². The van der Waals surface area contributed by atoms with Crippen molar-refractivity contribution in [3.8, 4) is 0 Å². The van der Waals surface area contributed by atoms with Crippen molar-refractivity contribution in [2.24, 2.45) is 0 Å². The molecular weight excluding hydrogens is 182 g/mol. The van der Waals surface area contributed by atoms with Crippen molar-refractivity contribution in [2.45, 2.75) is 19.0 Å². The van der Waals surface area contributed by atoms with E-state index in [2.05, 4.69) is 10.2 Å². The second kappa shape index (κ2) is 2.81. The Morgan fingerprint density at radius 1 is 1.71 bits per heavy atom. The number of hydrogen-bond acceptors (Lipinski definition) is 3. The summed E-state index contributed by atoms with van der Waals surface area (Å²) in [6, 6.07) is 0.253. The van der Waals surface area contributed by atoms with E-state index in [0.717, 1.165) is 18.6 Å². The third-order valence-electron chi connectivity index (χ3n) is 2.88. The maximum atomic E-state index is 11.8. The van der Waals surface area contributed by atoms with E-state index in [1.807, 2.05) is 4.90 Å². The summed E-state index contributed by atoms with van der Waals surface area (Å²) in [5, 5.41) is 6.59. The summed E-state index contributed by atoms with van der Waals surface area (Å²) in [5.41, 5.74) is 1.65. The first-order valence-electron chi connectivity index (χ1n) is 4.77. The van der Waals surface area contributed by atoms with Gasteiger partial charge in [-0.3, -0.25) is 9.89 Å². The highest BCUT2D eigenvalue weighted by Gasteiger charge is 2.35. The Balaban J connectivity index is 0.000000853. The first-order valence-corrected chi connectivity index (χ1v) is 4.77. The maximum absolute atomic E-state index is 11.8. The van der Waals surface area contributed by atoms with Crippen molar-refractivity contribution in [3.63, 3.8) is 0 Å². The van der Waals surface area contributed by atoms with Crippen LogP contribution in [0, 0.1) is 0 Å². The van der Waals surface area contributed by atoms with E-state index in [1.54, 1.807) is 6.20 Å². The standard InChI is InChI=1S/C9H11N3O2.H2/c13-9-8-6(3-10-11-8)4-12(9)7-1-2-14-5-7;/h3,7H,1-2,4-5H2,(H,10,11);1H/t7-;/m0./s1. The van der Waals surface area contributed by atoms with E-state index in [-0.39, 0.29) is 13.4 Å². The first-order chi connectivity index (χ1) is 6.86. The number of carbonyl (C=O) groups is 1. The van der Waals surface area contributed by atoms with Crippen LogP contribution in [-0.2, 0) is 11.3 Å². The molecule has 2 aliphatic rings. The first kappa shape index (κ1) is 7.99. The average Bonchev–Trinajstić information content (AvgIpc) is 2.84. The van der Waals surface area contributed by atoms with Crippen LogP contribution in [0.25, 0.3) is 0 Å². The summed E-state index contributed by atoms with van der Waals surface area (Å²) in [4.78, 5) is 13.7. The van der Waals surface area contributed by atoms with Gasteiger partial charge in [0.1, 0.15) is 5.69 Å². The maximum Gasteiger partial charge on any atom is 0.272 e. The Kier molecular flexibility index (Phi) is 1.61. The molecule has 1 atom stereocenters. The van der Waals surface area contributed by atoms with Gasteiger partial charge in [-0.15, -0.1) is 0 Å². The lowest BCUT2D eigenvalue weighted by Crippen LogP contribution is -2.36. The van der Waals surface area contributed by atoms with Crippen LogP contribution in [0.15, 0.2) is 6.20 Å². The third-order valence-corrected chi connectivity index (χ3v) is 2.88. The lowest BCUT2D eigenvalue weighted by atomic mass is 10.2. The van der Waals surface area contributed by atoms with Crippen LogP contribution in [0.5, 0.6) is 0 Å². The average molecular weight is 195 g/mol. The lowest BCUT2D eigenvalue weighted by molar-refractivity contribution is 0.0673. The number of hydrogen-bond donors (Lipinski definition) is 1. The fourth-order valence-electron chi connectivity index (χ4n) is 2.08. The molecule has 3 rings (SSSR count). The molecule has 5 nitrogen and oxygen atoms in total.